The van der Waals surface area contributed by atoms with Crippen molar-refractivity contribution in [2.45, 2.75) is 13.3 Å². The van der Waals surface area contributed by atoms with Crippen LogP contribution in [0.25, 0.3) is 0 Å². The van der Waals surface area contributed by atoms with Crippen molar-refractivity contribution in [2.75, 3.05) is 18.5 Å². The van der Waals surface area contributed by atoms with E-state index in [2.05, 4.69) is 20.5 Å². The highest BCUT2D eigenvalue weighted by Gasteiger charge is 2.12. The summed E-state index contributed by atoms with van der Waals surface area (Å²) >= 11 is 5.95. The fourth-order valence-electron chi connectivity index (χ4n) is 2.79. The van der Waals surface area contributed by atoms with Gasteiger partial charge >= 0.3 is 5.97 Å². The minimum absolute atomic E-state index is 0.0781. The van der Waals surface area contributed by atoms with Crippen molar-refractivity contribution in [3.05, 3.63) is 98.6 Å². The molecule has 3 aromatic rings. The van der Waals surface area contributed by atoms with Gasteiger partial charge in [-0.25, -0.2) is 4.39 Å². The number of hydrogen-bond acceptors (Lipinski definition) is 7. The van der Waals surface area contributed by atoms with E-state index >= 15 is 0 Å². The molecule has 0 saturated carbocycles. The van der Waals surface area contributed by atoms with Crippen LogP contribution in [-0.2, 0) is 16.1 Å². The number of halogens is 2. The second-order valence-electron chi connectivity index (χ2n) is 7.01. The third-order valence-electron chi connectivity index (χ3n) is 4.33. The number of rotatable bonds is 9. The van der Waals surface area contributed by atoms with E-state index in [9.17, 15) is 24.1 Å². The van der Waals surface area contributed by atoms with Crippen LogP contribution in [0.4, 0.5) is 15.8 Å². The standard InChI is InChI=1S/C15H13ClFNO2.C8H9N3O4/c1-9-5-6-13(10(7-9)8-14(19)20)18-15-11(16)3-2-4-12(15)17;12-8(7-2-1-3-9-6-7)10-4-5-15-11(13)14/h2-7,18H,8H2,1H3,(H,19,20);1-3,6H,4-5H2,(H,10,12). The van der Waals surface area contributed by atoms with Crippen LogP contribution < -0.4 is 10.6 Å². The maximum absolute atomic E-state index is 13.7. The van der Waals surface area contributed by atoms with Gasteiger partial charge in [-0.1, -0.05) is 35.4 Å². The maximum Gasteiger partial charge on any atom is 0.307 e. The lowest BCUT2D eigenvalue weighted by molar-refractivity contribution is -0.757. The zero-order valence-electron chi connectivity index (χ0n) is 18.5. The zero-order chi connectivity index (χ0) is 25.8. The molecule has 3 rings (SSSR count). The third kappa shape index (κ3) is 9.26. The molecule has 0 aliphatic heterocycles. The second kappa shape index (κ2) is 13.5. The summed E-state index contributed by atoms with van der Waals surface area (Å²) in [5.41, 5.74) is 2.59. The van der Waals surface area contributed by atoms with Crippen molar-refractivity contribution in [2.24, 2.45) is 0 Å². The predicted molar refractivity (Wildman–Crippen MR) is 127 cm³/mol. The molecule has 0 aliphatic rings. The van der Waals surface area contributed by atoms with Gasteiger partial charge in [-0.05, 0) is 42.8 Å². The van der Waals surface area contributed by atoms with E-state index in [1.54, 1.807) is 36.5 Å². The number of carbonyl (C=O) groups is 2. The molecule has 0 aliphatic carbocycles. The number of carboxylic acid groups (broad SMARTS) is 1. The van der Waals surface area contributed by atoms with Gasteiger partial charge in [0.15, 0.2) is 0 Å². The number of para-hydroxylation sites is 1. The Bertz CT molecular complexity index is 1160. The number of benzene rings is 2. The molecule has 0 spiro atoms. The summed E-state index contributed by atoms with van der Waals surface area (Å²) < 4.78 is 13.7. The monoisotopic (exact) mass is 504 g/mol. The zero-order valence-corrected chi connectivity index (χ0v) is 19.3. The van der Waals surface area contributed by atoms with Crippen molar-refractivity contribution in [3.63, 3.8) is 0 Å². The van der Waals surface area contributed by atoms with E-state index in [0.29, 0.717) is 16.8 Å². The Hall–Kier alpha value is -4.25. The van der Waals surface area contributed by atoms with Crippen LogP contribution in [0, 0.1) is 22.9 Å². The maximum atomic E-state index is 13.7. The molecule has 35 heavy (non-hydrogen) atoms. The highest BCUT2D eigenvalue weighted by atomic mass is 35.5. The molecule has 184 valence electrons. The smallest absolute Gasteiger partial charge is 0.307 e. The Morgan fingerprint density at radius 3 is 2.63 bits per heavy atom. The van der Waals surface area contributed by atoms with E-state index in [1.165, 1.54) is 18.3 Å². The molecule has 10 nitrogen and oxygen atoms in total. The minimum Gasteiger partial charge on any atom is -0.481 e. The number of carboxylic acids is 1. The van der Waals surface area contributed by atoms with E-state index in [0.717, 1.165) is 5.56 Å². The van der Waals surface area contributed by atoms with E-state index in [1.807, 2.05) is 13.0 Å². The highest BCUT2D eigenvalue weighted by Crippen LogP contribution is 2.30. The Kier molecular flexibility index (Phi) is 10.4. The lowest BCUT2D eigenvalue weighted by atomic mass is 10.1. The van der Waals surface area contributed by atoms with Crippen LogP contribution in [0.1, 0.15) is 21.5 Å². The number of carbonyl (C=O) groups excluding carboxylic acids is 1. The first-order valence-corrected chi connectivity index (χ1v) is 10.5. The van der Waals surface area contributed by atoms with Crippen molar-refractivity contribution in [1.82, 2.24) is 10.3 Å². The fraction of sp³-hybridized carbons (Fsp3) is 0.174. The first-order chi connectivity index (χ1) is 16.7. The molecular formula is C23H22ClFN4O6. The molecule has 0 unspecified atom stereocenters. The van der Waals surface area contributed by atoms with Gasteiger partial charge in [0.2, 0.25) is 0 Å². The van der Waals surface area contributed by atoms with Crippen LogP contribution in [-0.4, -0.2) is 40.2 Å². The number of aromatic nitrogens is 1. The van der Waals surface area contributed by atoms with Gasteiger partial charge in [0.05, 0.1) is 22.7 Å². The summed E-state index contributed by atoms with van der Waals surface area (Å²) in [4.78, 5) is 39.8. The number of hydrogen-bond donors (Lipinski definition) is 3. The number of aryl methyl sites for hydroxylation is 1. The first-order valence-electron chi connectivity index (χ1n) is 10.1. The number of amides is 1. The number of nitrogens with one attached hydrogen (secondary N) is 2. The minimum atomic E-state index is -0.946. The molecule has 1 aromatic heterocycles. The second-order valence-corrected chi connectivity index (χ2v) is 7.41. The topological polar surface area (TPSA) is 144 Å². The van der Waals surface area contributed by atoms with Crippen molar-refractivity contribution in [1.29, 1.82) is 0 Å². The lowest BCUT2D eigenvalue weighted by Gasteiger charge is -2.13. The highest BCUT2D eigenvalue weighted by molar-refractivity contribution is 6.33. The molecule has 0 radical (unpaired) electrons. The summed E-state index contributed by atoms with van der Waals surface area (Å²) in [5, 5.41) is 23.4. The van der Waals surface area contributed by atoms with Crippen LogP contribution in [0.15, 0.2) is 60.9 Å². The molecule has 0 atom stereocenters. The van der Waals surface area contributed by atoms with Gasteiger partial charge in [-0.2, -0.15) is 0 Å². The van der Waals surface area contributed by atoms with Crippen LogP contribution in [0.2, 0.25) is 5.02 Å². The molecule has 3 N–H and O–H groups in total. The van der Waals surface area contributed by atoms with Crippen molar-refractivity contribution < 1.29 is 29.0 Å². The number of aliphatic carboxylic acids is 1. The Morgan fingerprint density at radius 2 is 2.00 bits per heavy atom. The number of anilines is 2. The summed E-state index contributed by atoms with van der Waals surface area (Å²) in [6.45, 7) is 1.78. The summed E-state index contributed by atoms with van der Waals surface area (Å²) in [5.74, 6) is -1.77. The van der Waals surface area contributed by atoms with E-state index in [-0.39, 0.29) is 36.2 Å². The van der Waals surface area contributed by atoms with Gasteiger partial charge in [-0.3, -0.25) is 14.6 Å². The SMILES string of the molecule is Cc1ccc(Nc2c(F)cccc2Cl)c(CC(=O)O)c1.O=C(NCCO[N+](=O)[O-])c1cccnc1. The Morgan fingerprint density at radius 1 is 1.23 bits per heavy atom. The lowest BCUT2D eigenvalue weighted by Crippen LogP contribution is -2.27. The molecule has 1 heterocycles. The number of nitrogens with zero attached hydrogens (tertiary/aromatic N) is 2. The van der Waals surface area contributed by atoms with E-state index < -0.39 is 16.9 Å². The quantitative estimate of drug-likeness (QED) is 0.224. The molecule has 0 fully saturated rings. The molecule has 0 saturated heterocycles. The predicted octanol–water partition coefficient (Wildman–Crippen LogP) is 4.18. The molecular weight excluding hydrogens is 483 g/mol. The summed E-state index contributed by atoms with van der Waals surface area (Å²) in [7, 11) is 0. The van der Waals surface area contributed by atoms with Gasteiger partial charge in [-0.15, -0.1) is 10.1 Å². The number of pyridine rings is 1. The third-order valence-corrected chi connectivity index (χ3v) is 4.65. The van der Waals surface area contributed by atoms with Gasteiger partial charge in [0.1, 0.15) is 12.4 Å². The average Bonchev–Trinajstić information content (AvgIpc) is 2.81. The largest absolute Gasteiger partial charge is 0.481 e. The summed E-state index contributed by atoms with van der Waals surface area (Å²) in [6, 6.07) is 12.9. The van der Waals surface area contributed by atoms with E-state index in [4.69, 9.17) is 16.7 Å². The average molecular weight is 505 g/mol. The van der Waals surface area contributed by atoms with Gasteiger partial charge in [0.25, 0.3) is 11.0 Å². The van der Waals surface area contributed by atoms with Crippen LogP contribution in [0.5, 0.6) is 0 Å². The fourth-order valence-corrected chi connectivity index (χ4v) is 3.00. The van der Waals surface area contributed by atoms with Gasteiger partial charge < -0.3 is 20.6 Å². The molecule has 0 bridgehead atoms. The molecule has 12 heteroatoms. The van der Waals surface area contributed by atoms with Gasteiger partial charge in [0, 0.05) is 24.6 Å². The summed E-state index contributed by atoms with van der Waals surface area (Å²) in [6.07, 6.45) is 2.81. The molecule has 1 amide bonds. The first kappa shape index (κ1) is 27.0. The van der Waals surface area contributed by atoms with Crippen LogP contribution >= 0.6 is 11.6 Å². The molecule has 2 aromatic carbocycles. The Balaban J connectivity index is 0.000000258. The van der Waals surface area contributed by atoms with Crippen LogP contribution in [0.3, 0.4) is 0 Å². The van der Waals surface area contributed by atoms with Crippen molar-refractivity contribution in [3.8, 4) is 0 Å². The normalized spacial score (nSPS) is 9.91. The Labute approximate surface area is 204 Å². The van der Waals surface area contributed by atoms with Crippen molar-refractivity contribution >= 4 is 34.9 Å².